The minimum atomic E-state index is -0.574. The van der Waals surface area contributed by atoms with Gasteiger partial charge in [0.25, 0.3) is 0 Å². The average Bonchev–Trinajstić information content (AvgIpc) is 2.45. The monoisotopic (exact) mass is 278 g/mol. The maximum atomic E-state index is 11.8. The Morgan fingerprint density at radius 2 is 1.60 bits per heavy atom. The molecule has 4 heteroatoms. The van der Waals surface area contributed by atoms with Gasteiger partial charge in [0.1, 0.15) is 13.2 Å². The fourth-order valence-corrected chi connectivity index (χ4v) is 1.32. The van der Waals surface area contributed by atoms with Crippen molar-refractivity contribution in [2.75, 3.05) is 13.2 Å². The van der Waals surface area contributed by atoms with Crippen LogP contribution in [-0.2, 0) is 19.1 Å². The summed E-state index contributed by atoms with van der Waals surface area (Å²) in [6, 6.07) is 0. The van der Waals surface area contributed by atoms with Crippen molar-refractivity contribution in [2.24, 2.45) is 0 Å². The molecule has 0 aliphatic rings. The minimum absolute atomic E-state index is 0.108. The predicted molar refractivity (Wildman–Crippen MR) is 79.1 cm³/mol. The molecule has 0 saturated heterocycles. The summed E-state index contributed by atoms with van der Waals surface area (Å²) in [6.07, 6.45) is 6.66. The lowest BCUT2D eigenvalue weighted by Crippen LogP contribution is -2.11. The first-order valence-corrected chi connectivity index (χ1v) is 6.52. The van der Waals surface area contributed by atoms with Crippen molar-refractivity contribution in [3.05, 3.63) is 49.1 Å². The van der Waals surface area contributed by atoms with Crippen LogP contribution in [0.1, 0.15) is 26.2 Å². The molecule has 20 heavy (non-hydrogen) atoms. The molecule has 0 heterocycles. The van der Waals surface area contributed by atoms with Crippen molar-refractivity contribution in [3.8, 4) is 0 Å². The number of carbonyl (C=O) groups excluding carboxylic acids is 2. The molecule has 0 unspecified atom stereocenters. The van der Waals surface area contributed by atoms with Crippen LogP contribution in [0.2, 0.25) is 0 Å². The highest BCUT2D eigenvalue weighted by Crippen LogP contribution is 2.13. The highest BCUT2D eigenvalue weighted by molar-refractivity contribution is 5.95. The van der Waals surface area contributed by atoms with Crippen LogP contribution < -0.4 is 0 Å². The Bertz CT molecular complexity index is 405. The van der Waals surface area contributed by atoms with Crippen molar-refractivity contribution in [1.29, 1.82) is 0 Å². The van der Waals surface area contributed by atoms with Crippen molar-refractivity contribution < 1.29 is 19.1 Å². The molecule has 0 saturated carbocycles. The van der Waals surface area contributed by atoms with E-state index in [0.717, 1.165) is 12.8 Å². The lowest BCUT2D eigenvalue weighted by atomic mass is 10.1. The molecule has 0 N–H and O–H groups in total. The third-order valence-electron chi connectivity index (χ3n) is 2.34. The van der Waals surface area contributed by atoms with E-state index in [-0.39, 0.29) is 18.8 Å². The van der Waals surface area contributed by atoms with E-state index >= 15 is 0 Å². The molecular formula is C16H22O4. The van der Waals surface area contributed by atoms with Gasteiger partial charge in [-0.3, -0.25) is 0 Å². The second-order valence-corrected chi connectivity index (χ2v) is 4.07. The second kappa shape index (κ2) is 10.8. The molecule has 0 radical (unpaired) electrons. The summed E-state index contributed by atoms with van der Waals surface area (Å²) in [5.74, 6) is -1.04. The van der Waals surface area contributed by atoms with Crippen LogP contribution in [0.25, 0.3) is 0 Å². The van der Waals surface area contributed by atoms with Gasteiger partial charge in [-0.05, 0) is 18.9 Å². The summed E-state index contributed by atoms with van der Waals surface area (Å²) in [5.41, 5.74) is 0.530. The molecule has 0 bridgehead atoms. The molecule has 110 valence electrons. The normalized spacial score (nSPS) is 10.6. The van der Waals surface area contributed by atoms with Crippen LogP contribution in [0.5, 0.6) is 0 Å². The van der Waals surface area contributed by atoms with E-state index < -0.39 is 11.9 Å². The summed E-state index contributed by atoms with van der Waals surface area (Å²) in [7, 11) is 0. The third kappa shape index (κ3) is 7.36. The first-order valence-electron chi connectivity index (χ1n) is 6.52. The SMILES string of the molecule is C=CCOC(=O)C(=C)/C=C(\CCCC)C(=O)OCC=C. The number of rotatable bonds is 10. The number of hydrogen-bond donors (Lipinski definition) is 0. The molecule has 0 amide bonds. The summed E-state index contributed by atoms with van der Waals surface area (Å²) in [4.78, 5) is 23.4. The van der Waals surface area contributed by atoms with Crippen molar-refractivity contribution in [2.45, 2.75) is 26.2 Å². The molecule has 0 fully saturated rings. The smallest absolute Gasteiger partial charge is 0.337 e. The molecule has 0 rings (SSSR count). The fourth-order valence-electron chi connectivity index (χ4n) is 1.32. The van der Waals surface area contributed by atoms with E-state index in [9.17, 15) is 9.59 Å². The van der Waals surface area contributed by atoms with Gasteiger partial charge in [0.05, 0.1) is 5.57 Å². The Hall–Kier alpha value is -2.10. The molecule has 0 atom stereocenters. The van der Waals surface area contributed by atoms with Gasteiger partial charge in [0.2, 0.25) is 0 Å². The third-order valence-corrected chi connectivity index (χ3v) is 2.34. The van der Waals surface area contributed by atoms with E-state index in [1.807, 2.05) is 6.92 Å². The Morgan fingerprint density at radius 1 is 1.05 bits per heavy atom. The van der Waals surface area contributed by atoms with E-state index in [1.54, 1.807) is 0 Å². The van der Waals surface area contributed by atoms with Gasteiger partial charge in [0, 0.05) is 5.57 Å². The van der Waals surface area contributed by atoms with Gasteiger partial charge in [0.15, 0.2) is 0 Å². The van der Waals surface area contributed by atoms with Gasteiger partial charge in [-0.25, -0.2) is 9.59 Å². The largest absolute Gasteiger partial charge is 0.458 e. The number of carbonyl (C=O) groups is 2. The molecule has 4 nitrogen and oxygen atoms in total. The van der Waals surface area contributed by atoms with Crippen molar-refractivity contribution in [3.63, 3.8) is 0 Å². The standard InChI is InChI=1S/C16H22O4/c1-5-8-9-14(16(18)20-11-7-3)12-13(4)15(17)19-10-6-2/h6-7,12H,2-5,8-11H2,1H3/b14-12+. The number of unbranched alkanes of at least 4 members (excludes halogenated alkanes) is 1. The van der Waals surface area contributed by atoms with Crippen molar-refractivity contribution in [1.82, 2.24) is 0 Å². The van der Waals surface area contributed by atoms with Crippen LogP contribution in [0.4, 0.5) is 0 Å². The molecule has 0 spiro atoms. The van der Waals surface area contributed by atoms with Crippen LogP contribution in [-0.4, -0.2) is 25.2 Å². The van der Waals surface area contributed by atoms with E-state index in [0.29, 0.717) is 12.0 Å². The van der Waals surface area contributed by atoms with Crippen molar-refractivity contribution >= 4 is 11.9 Å². The summed E-state index contributed by atoms with van der Waals surface area (Å²) >= 11 is 0. The average molecular weight is 278 g/mol. The number of esters is 2. The zero-order valence-electron chi connectivity index (χ0n) is 12.0. The van der Waals surface area contributed by atoms with Gasteiger partial charge in [-0.2, -0.15) is 0 Å². The van der Waals surface area contributed by atoms with Gasteiger partial charge < -0.3 is 9.47 Å². The predicted octanol–water partition coefficient (Wildman–Crippen LogP) is 3.12. The maximum absolute atomic E-state index is 11.8. The van der Waals surface area contributed by atoms with Crippen LogP contribution >= 0.6 is 0 Å². The lowest BCUT2D eigenvalue weighted by molar-refractivity contribution is -0.138. The van der Waals surface area contributed by atoms with Crippen LogP contribution in [0.15, 0.2) is 49.1 Å². The van der Waals surface area contributed by atoms with E-state index in [2.05, 4.69) is 19.7 Å². The van der Waals surface area contributed by atoms with Gasteiger partial charge in [-0.1, -0.05) is 45.2 Å². The Kier molecular flexibility index (Phi) is 9.66. The number of hydrogen-bond acceptors (Lipinski definition) is 4. The summed E-state index contributed by atoms with van der Waals surface area (Å²) < 4.78 is 9.83. The van der Waals surface area contributed by atoms with Gasteiger partial charge in [-0.15, -0.1) is 0 Å². The Balaban J connectivity index is 4.80. The molecule has 0 aromatic rings. The quantitative estimate of drug-likeness (QED) is 0.267. The fraction of sp³-hybridized carbons (Fsp3) is 0.375. The maximum Gasteiger partial charge on any atom is 0.337 e. The van der Waals surface area contributed by atoms with E-state index in [4.69, 9.17) is 9.47 Å². The second-order valence-electron chi connectivity index (χ2n) is 4.07. The van der Waals surface area contributed by atoms with Gasteiger partial charge >= 0.3 is 11.9 Å². The highest BCUT2D eigenvalue weighted by Gasteiger charge is 2.13. The molecule has 0 aliphatic heterocycles. The molecule has 0 aromatic heterocycles. The van der Waals surface area contributed by atoms with E-state index in [1.165, 1.54) is 18.2 Å². The Labute approximate surface area is 120 Å². The lowest BCUT2D eigenvalue weighted by Gasteiger charge is -2.07. The highest BCUT2D eigenvalue weighted by atomic mass is 16.5. The molecular weight excluding hydrogens is 256 g/mol. The molecule has 0 aromatic carbocycles. The zero-order valence-corrected chi connectivity index (χ0v) is 12.0. The summed E-state index contributed by atoms with van der Waals surface area (Å²) in [6.45, 7) is 12.8. The topological polar surface area (TPSA) is 52.6 Å². The Morgan fingerprint density at radius 3 is 2.10 bits per heavy atom. The van der Waals surface area contributed by atoms with Crippen LogP contribution in [0, 0.1) is 0 Å². The number of ether oxygens (including phenoxy) is 2. The zero-order chi connectivity index (χ0) is 15.4. The van der Waals surface area contributed by atoms with Crippen LogP contribution in [0.3, 0.4) is 0 Å². The molecule has 0 aliphatic carbocycles. The first kappa shape index (κ1) is 17.9. The summed E-state index contributed by atoms with van der Waals surface area (Å²) in [5, 5.41) is 0. The first-order chi connectivity index (χ1) is 9.56. The minimum Gasteiger partial charge on any atom is -0.458 e.